The molecule has 1 unspecified atom stereocenters. The Hall–Kier alpha value is -1.27. The Morgan fingerprint density at radius 2 is 1.79 bits per heavy atom. The first-order chi connectivity index (χ1) is 8.70. The molecule has 0 aromatic heterocycles. The molecule has 0 saturated heterocycles. The van der Waals surface area contributed by atoms with Crippen LogP contribution in [0.1, 0.15) is 39.0 Å². The summed E-state index contributed by atoms with van der Waals surface area (Å²) in [4.78, 5) is 22.2. The van der Waals surface area contributed by atoms with Gasteiger partial charge >= 0.3 is 12.1 Å². The molecule has 1 aliphatic carbocycles. The van der Waals surface area contributed by atoms with Crippen LogP contribution in [-0.4, -0.2) is 29.2 Å². The number of alkyl halides is 3. The molecule has 0 aliphatic heterocycles. The molecule has 1 fully saturated rings. The molecule has 0 aromatic carbocycles. The van der Waals surface area contributed by atoms with E-state index < -0.39 is 30.0 Å². The number of hydrogen-bond acceptors (Lipinski definition) is 2. The van der Waals surface area contributed by atoms with Crippen LogP contribution in [-0.2, 0) is 9.59 Å². The van der Waals surface area contributed by atoms with Gasteiger partial charge in [0.05, 0.1) is 12.3 Å². The van der Waals surface area contributed by atoms with Gasteiger partial charge in [0.2, 0.25) is 5.91 Å². The highest BCUT2D eigenvalue weighted by molar-refractivity contribution is 5.79. The third-order valence-electron chi connectivity index (χ3n) is 3.43. The molecule has 1 rings (SSSR count). The van der Waals surface area contributed by atoms with Gasteiger partial charge in [-0.25, -0.2) is 0 Å². The Morgan fingerprint density at radius 1 is 1.26 bits per heavy atom. The number of aliphatic carboxylic acids is 1. The molecule has 0 heterocycles. The van der Waals surface area contributed by atoms with Gasteiger partial charge in [-0.3, -0.25) is 9.59 Å². The lowest BCUT2D eigenvalue weighted by Gasteiger charge is -2.29. The van der Waals surface area contributed by atoms with Crippen molar-refractivity contribution in [3.05, 3.63) is 0 Å². The first-order valence-corrected chi connectivity index (χ1v) is 6.29. The van der Waals surface area contributed by atoms with Gasteiger partial charge in [-0.2, -0.15) is 13.2 Å². The number of halogens is 3. The van der Waals surface area contributed by atoms with Gasteiger partial charge in [-0.1, -0.05) is 0 Å². The van der Waals surface area contributed by atoms with E-state index in [0.717, 1.165) is 0 Å². The maximum atomic E-state index is 12.5. The van der Waals surface area contributed by atoms with Crippen LogP contribution >= 0.6 is 0 Å². The molecule has 4 nitrogen and oxygen atoms in total. The van der Waals surface area contributed by atoms with Gasteiger partial charge in [-0.05, 0) is 32.6 Å². The summed E-state index contributed by atoms with van der Waals surface area (Å²) in [5.41, 5.74) is 0. The van der Waals surface area contributed by atoms with E-state index in [-0.39, 0.29) is 38.0 Å². The molecule has 0 aromatic rings. The molecular weight excluding hydrogens is 263 g/mol. The van der Waals surface area contributed by atoms with Gasteiger partial charge in [0, 0.05) is 12.0 Å². The summed E-state index contributed by atoms with van der Waals surface area (Å²) in [5.74, 6) is -3.11. The molecule has 1 saturated carbocycles. The van der Waals surface area contributed by atoms with Crippen molar-refractivity contribution in [3.63, 3.8) is 0 Å². The summed E-state index contributed by atoms with van der Waals surface area (Å²) in [6.07, 6.45) is -4.03. The van der Waals surface area contributed by atoms with Gasteiger partial charge in [0.15, 0.2) is 0 Å². The number of amides is 1. The standard InChI is InChI=1S/C12H18F3NO3/c1-7(6-10(17)18)16-11(19)8-2-4-9(5-3-8)12(13,14)15/h7-9H,2-6H2,1H3,(H,16,19)(H,17,18). The summed E-state index contributed by atoms with van der Waals surface area (Å²) < 4.78 is 37.4. The fourth-order valence-electron chi connectivity index (χ4n) is 2.36. The van der Waals surface area contributed by atoms with E-state index in [4.69, 9.17) is 5.11 Å². The normalized spacial score (nSPS) is 25.7. The zero-order valence-electron chi connectivity index (χ0n) is 10.7. The fourth-order valence-corrected chi connectivity index (χ4v) is 2.36. The fraction of sp³-hybridized carbons (Fsp3) is 0.833. The molecule has 1 amide bonds. The van der Waals surface area contributed by atoms with E-state index >= 15 is 0 Å². The molecule has 0 spiro atoms. The second-order valence-electron chi connectivity index (χ2n) is 5.10. The van der Waals surface area contributed by atoms with Crippen LogP contribution in [0, 0.1) is 11.8 Å². The molecule has 1 atom stereocenters. The molecule has 7 heteroatoms. The van der Waals surface area contributed by atoms with Crippen LogP contribution in [0.4, 0.5) is 13.2 Å². The summed E-state index contributed by atoms with van der Waals surface area (Å²) in [6, 6.07) is -0.509. The lowest BCUT2D eigenvalue weighted by molar-refractivity contribution is -0.184. The minimum Gasteiger partial charge on any atom is -0.481 e. The Bertz CT molecular complexity index is 336. The van der Waals surface area contributed by atoms with Crippen molar-refractivity contribution < 1.29 is 27.9 Å². The predicted octanol–water partition coefficient (Wildman–Crippen LogP) is 2.33. The maximum Gasteiger partial charge on any atom is 0.391 e. The Balaban J connectivity index is 2.39. The number of carbonyl (C=O) groups excluding carboxylic acids is 1. The van der Waals surface area contributed by atoms with Crippen molar-refractivity contribution in [2.45, 2.75) is 51.2 Å². The van der Waals surface area contributed by atoms with Crippen LogP contribution in [0.3, 0.4) is 0 Å². The second-order valence-corrected chi connectivity index (χ2v) is 5.10. The topological polar surface area (TPSA) is 66.4 Å². The summed E-state index contributed by atoms with van der Waals surface area (Å²) in [6.45, 7) is 1.56. The van der Waals surface area contributed by atoms with E-state index in [1.165, 1.54) is 0 Å². The highest BCUT2D eigenvalue weighted by atomic mass is 19.4. The number of nitrogens with one attached hydrogen (secondary N) is 1. The summed E-state index contributed by atoms with van der Waals surface area (Å²) >= 11 is 0. The predicted molar refractivity (Wildman–Crippen MR) is 61.4 cm³/mol. The lowest BCUT2D eigenvalue weighted by Crippen LogP contribution is -2.40. The van der Waals surface area contributed by atoms with E-state index in [2.05, 4.69) is 5.32 Å². The molecule has 19 heavy (non-hydrogen) atoms. The number of carboxylic acids is 1. The zero-order chi connectivity index (χ0) is 14.6. The monoisotopic (exact) mass is 281 g/mol. The molecule has 0 radical (unpaired) electrons. The average Bonchev–Trinajstić information content (AvgIpc) is 2.26. The Labute approximate surface area is 109 Å². The number of carboxylic acid groups (broad SMARTS) is 1. The van der Waals surface area contributed by atoms with Crippen molar-refractivity contribution >= 4 is 11.9 Å². The first kappa shape index (κ1) is 15.8. The van der Waals surface area contributed by atoms with E-state index in [0.29, 0.717) is 0 Å². The van der Waals surface area contributed by atoms with E-state index in [1.54, 1.807) is 6.92 Å². The first-order valence-electron chi connectivity index (χ1n) is 6.29. The molecular formula is C12H18F3NO3. The van der Waals surface area contributed by atoms with Crippen LogP contribution in [0.25, 0.3) is 0 Å². The largest absolute Gasteiger partial charge is 0.481 e. The van der Waals surface area contributed by atoms with Crippen LogP contribution in [0.2, 0.25) is 0 Å². The zero-order valence-corrected chi connectivity index (χ0v) is 10.7. The minimum atomic E-state index is -4.18. The molecule has 0 bridgehead atoms. The molecule has 1 aliphatic rings. The van der Waals surface area contributed by atoms with Crippen molar-refractivity contribution in [2.24, 2.45) is 11.8 Å². The Morgan fingerprint density at radius 3 is 2.21 bits per heavy atom. The van der Waals surface area contributed by atoms with Gasteiger partial charge in [-0.15, -0.1) is 0 Å². The third kappa shape index (κ3) is 5.08. The summed E-state index contributed by atoms with van der Waals surface area (Å²) in [5, 5.41) is 11.1. The van der Waals surface area contributed by atoms with Crippen molar-refractivity contribution in [1.29, 1.82) is 0 Å². The number of carbonyl (C=O) groups is 2. The van der Waals surface area contributed by atoms with E-state index in [9.17, 15) is 22.8 Å². The van der Waals surface area contributed by atoms with Crippen LogP contribution in [0.5, 0.6) is 0 Å². The Kier molecular flexibility index (Phi) is 5.20. The lowest BCUT2D eigenvalue weighted by atomic mass is 9.81. The second kappa shape index (κ2) is 6.25. The SMILES string of the molecule is CC(CC(=O)O)NC(=O)C1CCC(C(F)(F)F)CC1. The average molecular weight is 281 g/mol. The minimum absolute atomic E-state index is 0.0328. The highest BCUT2D eigenvalue weighted by Gasteiger charge is 2.42. The maximum absolute atomic E-state index is 12.5. The van der Waals surface area contributed by atoms with Gasteiger partial charge in [0.1, 0.15) is 0 Å². The van der Waals surface area contributed by atoms with Crippen molar-refractivity contribution in [2.75, 3.05) is 0 Å². The quantitative estimate of drug-likeness (QED) is 0.831. The molecule has 110 valence electrons. The van der Waals surface area contributed by atoms with Crippen molar-refractivity contribution in [3.8, 4) is 0 Å². The number of hydrogen-bond donors (Lipinski definition) is 2. The van der Waals surface area contributed by atoms with Gasteiger partial charge in [0.25, 0.3) is 0 Å². The van der Waals surface area contributed by atoms with E-state index in [1.807, 2.05) is 0 Å². The smallest absolute Gasteiger partial charge is 0.391 e. The van der Waals surface area contributed by atoms with Crippen LogP contribution in [0.15, 0.2) is 0 Å². The van der Waals surface area contributed by atoms with Crippen LogP contribution < -0.4 is 5.32 Å². The van der Waals surface area contributed by atoms with Gasteiger partial charge < -0.3 is 10.4 Å². The molecule has 2 N–H and O–H groups in total. The highest BCUT2D eigenvalue weighted by Crippen LogP contribution is 2.39. The summed E-state index contributed by atoms with van der Waals surface area (Å²) in [7, 11) is 0. The third-order valence-corrected chi connectivity index (χ3v) is 3.43. The number of rotatable bonds is 4. The van der Waals surface area contributed by atoms with Crippen molar-refractivity contribution in [1.82, 2.24) is 5.32 Å².